The molecule has 0 saturated carbocycles. The quantitative estimate of drug-likeness (QED) is 0.489. The molecule has 0 radical (unpaired) electrons. The Morgan fingerprint density at radius 1 is 0.941 bits per heavy atom. The zero-order valence-electron chi connectivity index (χ0n) is 10.7. The number of rotatable bonds is 9. The molecule has 1 N–H and O–H groups in total. The maximum Gasteiger partial charge on any atom is 0.303 e. The van der Waals surface area contributed by atoms with Crippen LogP contribution in [0.25, 0.3) is 0 Å². The predicted molar refractivity (Wildman–Crippen MR) is 70.4 cm³/mol. The Balaban J connectivity index is 3.11. The molecule has 0 aliphatic rings. The molecule has 0 rings (SSSR count). The highest BCUT2D eigenvalue weighted by atomic mass is 16.4. The summed E-state index contributed by atoms with van der Waals surface area (Å²) in [5.41, 5.74) is 0. The topological polar surface area (TPSA) is 37.3 Å². The van der Waals surface area contributed by atoms with Crippen LogP contribution < -0.4 is 0 Å². The molecule has 0 saturated heterocycles. The first-order valence-corrected chi connectivity index (χ1v) is 6.38. The molecule has 0 fully saturated rings. The first kappa shape index (κ1) is 15.6. The minimum Gasteiger partial charge on any atom is -0.481 e. The van der Waals surface area contributed by atoms with Gasteiger partial charge in [-0.05, 0) is 31.6 Å². The van der Waals surface area contributed by atoms with E-state index in [2.05, 4.69) is 23.7 Å². The zero-order valence-corrected chi connectivity index (χ0v) is 10.7. The van der Waals surface area contributed by atoms with Gasteiger partial charge in [-0.1, -0.05) is 43.9 Å². The fourth-order valence-electron chi connectivity index (χ4n) is 1.54. The second kappa shape index (κ2) is 12.7. The van der Waals surface area contributed by atoms with Gasteiger partial charge in [0.15, 0.2) is 0 Å². The van der Waals surface area contributed by atoms with E-state index in [0.717, 1.165) is 32.1 Å². The monoisotopic (exact) mass is 234 g/mol. The Morgan fingerprint density at radius 2 is 1.53 bits per heavy atom. The molecule has 2 heteroatoms. The van der Waals surface area contributed by atoms with E-state index >= 15 is 0 Å². The number of aliphatic carboxylic acids is 1. The lowest BCUT2D eigenvalue weighted by Crippen LogP contribution is -1.93. The largest absolute Gasteiger partial charge is 0.481 e. The van der Waals surface area contributed by atoms with Crippen molar-refractivity contribution in [1.82, 2.24) is 0 Å². The summed E-state index contributed by atoms with van der Waals surface area (Å²) in [7, 11) is 0. The molecule has 0 aromatic rings. The fourth-order valence-corrected chi connectivity index (χ4v) is 1.54. The van der Waals surface area contributed by atoms with Crippen molar-refractivity contribution < 1.29 is 9.90 Å². The fraction of sp³-hybridized carbons (Fsp3) is 0.667. The van der Waals surface area contributed by atoms with Gasteiger partial charge in [0.25, 0.3) is 0 Å². The van der Waals surface area contributed by atoms with Crippen LogP contribution in [0.4, 0.5) is 0 Å². The van der Waals surface area contributed by atoms with Crippen molar-refractivity contribution in [1.29, 1.82) is 0 Å². The van der Waals surface area contributed by atoms with Gasteiger partial charge in [0, 0.05) is 12.8 Å². The lowest BCUT2D eigenvalue weighted by atomic mass is 10.1. The van der Waals surface area contributed by atoms with Gasteiger partial charge < -0.3 is 5.11 Å². The highest BCUT2D eigenvalue weighted by molar-refractivity contribution is 5.66. The molecule has 0 bridgehead atoms. The maximum atomic E-state index is 10.3. The average Bonchev–Trinajstić information content (AvgIpc) is 2.30. The molecule has 0 aliphatic heterocycles. The van der Waals surface area contributed by atoms with E-state index in [1.165, 1.54) is 19.3 Å². The number of hydrogen-bond donors (Lipinski definition) is 1. The minimum absolute atomic E-state index is 0.314. The second-order valence-electron chi connectivity index (χ2n) is 4.05. The van der Waals surface area contributed by atoms with Gasteiger partial charge in [-0.3, -0.25) is 4.79 Å². The summed E-state index contributed by atoms with van der Waals surface area (Å²) < 4.78 is 0. The van der Waals surface area contributed by atoms with Crippen molar-refractivity contribution in [3.05, 3.63) is 0 Å². The molecular weight excluding hydrogens is 212 g/mol. The number of carbonyl (C=O) groups is 1. The molecule has 0 heterocycles. The molecule has 0 amide bonds. The van der Waals surface area contributed by atoms with Gasteiger partial charge in [-0.2, -0.15) is 0 Å². The molecular formula is C15H22O2. The van der Waals surface area contributed by atoms with Crippen molar-refractivity contribution in [2.24, 2.45) is 0 Å². The highest BCUT2D eigenvalue weighted by Gasteiger charge is 1.96. The molecule has 0 atom stereocenters. The van der Waals surface area contributed by atoms with Crippen LogP contribution in [0.15, 0.2) is 0 Å². The number of carboxylic acid groups (broad SMARTS) is 1. The molecule has 2 nitrogen and oxygen atoms in total. The van der Waals surface area contributed by atoms with Crippen molar-refractivity contribution in [2.75, 3.05) is 0 Å². The third-order valence-corrected chi connectivity index (χ3v) is 2.47. The van der Waals surface area contributed by atoms with Crippen molar-refractivity contribution in [3.8, 4) is 23.7 Å². The summed E-state index contributed by atoms with van der Waals surface area (Å²) in [5, 5.41) is 8.45. The van der Waals surface area contributed by atoms with Crippen LogP contribution in [0.5, 0.6) is 0 Å². The molecule has 0 aromatic heterocycles. The summed E-state index contributed by atoms with van der Waals surface area (Å²) >= 11 is 0. The minimum atomic E-state index is -0.682. The van der Waals surface area contributed by atoms with Gasteiger partial charge in [0.1, 0.15) is 0 Å². The van der Waals surface area contributed by atoms with Crippen LogP contribution in [0.2, 0.25) is 0 Å². The number of carboxylic acids is 1. The SMILES string of the molecule is CC#CC#CCCCCCCCCCC(=O)O. The first-order valence-electron chi connectivity index (χ1n) is 6.38. The summed E-state index contributed by atoms with van der Waals surface area (Å²) in [4.78, 5) is 10.3. The van der Waals surface area contributed by atoms with Crippen molar-refractivity contribution >= 4 is 5.97 Å². The van der Waals surface area contributed by atoms with Gasteiger partial charge in [0.2, 0.25) is 0 Å². The Labute approximate surface area is 105 Å². The van der Waals surface area contributed by atoms with Gasteiger partial charge in [0.05, 0.1) is 0 Å². The van der Waals surface area contributed by atoms with Crippen LogP contribution in [0.3, 0.4) is 0 Å². The van der Waals surface area contributed by atoms with E-state index in [-0.39, 0.29) is 0 Å². The maximum absolute atomic E-state index is 10.3. The lowest BCUT2D eigenvalue weighted by Gasteiger charge is -1.99. The van der Waals surface area contributed by atoms with Crippen molar-refractivity contribution in [3.63, 3.8) is 0 Å². The summed E-state index contributed by atoms with van der Waals surface area (Å²) in [6, 6.07) is 0. The van der Waals surface area contributed by atoms with Crippen LogP contribution in [0.1, 0.15) is 64.7 Å². The lowest BCUT2D eigenvalue weighted by molar-refractivity contribution is -0.137. The summed E-state index contributed by atoms with van der Waals surface area (Å²) in [5.74, 6) is 10.6. The third kappa shape index (κ3) is 14.6. The Morgan fingerprint density at radius 3 is 2.12 bits per heavy atom. The van der Waals surface area contributed by atoms with E-state index in [1.54, 1.807) is 6.92 Å². The first-order chi connectivity index (χ1) is 8.27. The van der Waals surface area contributed by atoms with E-state index in [0.29, 0.717) is 6.42 Å². The predicted octanol–water partition coefficient (Wildman–Crippen LogP) is 3.61. The average molecular weight is 234 g/mol. The molecule has 17 heavy (non-hydrogen) atoms. The second-order valence-corrected chi connectivity index (χ2v) is 4.05. The molecule has 94 valence electrons. The van der Waals surface area contributed by atoms with Crippen LogP contribution in [-0.2, 0) is 4.79 Å². The zero-order chi connectivity index (χ0) is 12.8. The van der Waals surface area contributed by atoms with E-state index < -0.39 is 5.97 Å². The normalized spacial score (nSPS) is 8.76. The molecule has 0 aliphatic carbocycles. The Bertz CT molecular complexity index is 309. The van der Waals surface area contributed by atoms with E-state index in [1.807, 2.05) is 0 Å². The van der Waals surface area contributed by atoms with Crippen LogP contribution in [0, 0.1) is 23.7 Å². The molecule has 0 aromatic carbocycles. The molecule has 0 spiro atoms. The van der Waals surface area contributed by atoms with Crippen LogP contribution in [-0.4, -0.2) is 11.1 Å². The third-order valence-electron chi connectivity index (χ3n) is 2.47. The smallest absolute Gasteiger partial charge is 0.303 e. The van der Waals surface area contributed by atoms with Gasteiger partial charge in [-0.15, -0.1) is 0 Å². The standard InChI is InChI=1S/C15H22O2/c1-2-3-4-5-6-7-8-9-10-11-12-13-14-15(16)17/h6-14H2,1H3,(H,16,17). The van der Waals surface area contributed by atoms with Crippen molar-refractivity contribution in [2.45, 2.75) is 64.7 Å². The van der Waals surface area contributed by atoms with Gasteiger partial charge in [-0.25, -0.2) is 0 Å². The number of unbranched alkanes of at least 4 members (excludes halogenated alkanes) is 7. The number of hydrogen-bond acceptors (Lipinski definition) is 1. The Kier molecular flexibility index (Phi) is 11.6. The summed E-state index contributed by atoms with van der Waals surface area (Å²) in [6.07, 6.45) is 9.06. The van der Waals surface area contributed by atoms with Crippen LogP contribution >= 0.6 is 0 Å². The highest BCUT2D eigenvalue weighted by Crippen LogP contribution is 2.09. The Hall–Kier alpha value is -1.41. The van der Waals surface area contributed by atoms with E-state index in [9.17, 15) is 4.79 Å². The summed E-state index contributed by atoms with van der Waals surface area (Å²) in [6.45, 7) is 1.79. The van der Waals surface area contributed by atoms with E-state index in [4.69, 9.17) is 5.11 Å². The van der Waals surface area contributed by atoms with Gasteiger partial charge >= 0.3 is 5.97 Å². The molecule has 0 unspecified atom stereocenters.